The van der Waals surface area contributed by atoms with Gasteiger partial charge in [0.05, 0.1) is 7.11 Å². The van der Waals surface area contributed by atoms with Crippen LogP contribution in [0.1, 0.15) is 17.6 Å². The molecular weight excluding hydrogens is 302 g/mol. The minimum atomic E-state index is -0.482. The van der Waals surface area contributed by atoms with Crippen molar-refractivity contribution in [2.45, 2.75) is 19.7 Å². The van der Waals surface area contributed by atoms with Crippen molar-refractivity contribution in [1.82, 2.24) is 15.0 Å². The lowest BCUT2D eigenvalue weighted by Gasteiger charge is -2.11. The summed E-state index contributed by atoms with van der Waals surface area (Å²) in [5.41, 5.74) is 3.74. The zero-order valence-corrected chi connectivity index (χ0v) is 12.6. The van der Waals surface area contributed by atoms with Crippen LogP contribution in [0.5, 0.6) is 5.75 Å². The molecule has 1 atom stereocenters. The summed E-state index contributed by atoms with van der Waals surface area (Å²) in [6.07, 6.45) is 0.790. The highest BCUT2D eigenvalue weighted by Crippen LogP contribution is 2.23. The Morgan fingerprint density at radius 1 is 1.43 bits per heavy atom. The second-order valence-electron chi connectivity index (χ2n) is 4.91. The Labute approximate surface area is 131 Å². The smallest absolute Gasteiger partial charge is 0.343 e. The predicted octanol–water partition coefficient (Wildman–Crippen LogP) is 1.74. The van der Waals surface area contributed by atoms with Crippen LogP contribution in [0.2, 0.25) is 0 Å². The fourth-order valence-electron chi connectivity index (χ4n) is 2.25. The maximum absolute atomic E-state index is 11.0. The number of nitrogens with zero attached hydrogens (tertiary/aromatic N) is 4. The largest absolute Gasteiger partial charge is 0.497 e. The van der Waals surface area contributed by atoms with Crippen LogP contribution >= 0.6 is 0 Å². The lowest BCUT2D eigenvalue weighted by molar-refractivity contribution is -0.392. The van der Waals surface area contributed by atoms with E-state index in [-0.39, 0.29) is 12.4 Å². The summed E-state index contributed by atoms with van der Waals surface area (Å²) in [7, 11) is 1.60. The van der Waals surface area contributed by atoms with Gasteiger partial charge in [0.25, 0.3) is 5.90 Å². The average molecular weight is 317 g/mol. The third-order valence-corrected chi connectivity index (χ3v) is 3.49. The van der Waals surface area contributed by atoms with Gasteiger partial charge in [-0.15, -0.1) is 5.10 Å². The van der Waals surface area contributed by atoms with Crippen LogP contribution in [0, 0.1) is 17.0 Å². The Morgan fingerprint density at radius 3 is 2.83 bits per heavy atom. The number of rotatable bonds is 5. The molecule has 1 aromatic heterocycles. The van der Waals surface area contributed by atoms with Crippen molar-refractivity contribution in [2.75, 3.05) is 7.11 Å². The first kappa shape index (κ1) is 14.8. The van der Waals surface area contributed by atoms with E-state index in [4.69, 9.17) is 9.47 Å². The van der Waals surface area contributed by atoms with E-state index >= 15 is 0 Å². The van der Waals surface area contributed by atoms with Crippen molar-refractivity contribution < 1.29 is 14.4 Å². The van der Waals surface area contributed by atoms with Crippen molar-refractivity contribution >= 4 is 11.7 Å². The Kier molecular flexibility index (Phi) is 3.83. The van der Waals surface area contributed by atoms with Crippen LogP contribution in [-0.2, 0) is 11.3 Å². The van der Waals surface area contributed by atoms with Gasteiger partial charge < -0.3 is 19.6 Å². The number of benzene rings is 1. The number of imidazole rings is 1. The second-order valence-corrected chi connectivity index (χ2v) is 4.91. The molecule has 0 bridgehead atoms. The van der Waals surface area contributed by atoms with Crippen LogP contribution in [0.4, 0.5) is 5.82 Å². The number of aromatic nitrogens is 2. The molecule has 1 aliphatic heterocycles. The first-order valence-electron chi connectivity index (χ1n) is 6.87. The van der Waals surface area contributed by atoms with Gasteiger partial charge in [-0.05, 0) is 29.2 Å². The summed E-state index contributed by atoms with van der Waals surface area (Å²) < 4.78 is 12.3. The molecule has 1 aliphatic rings. The summed E-state index contributed by atoms with van der Waals surface area (Å²) in [6, 6.07) is 7.37. The Bertz CT molecular complexity index is 753. The van der Waals surface area contributed by atoms with Crippen molar-refractivity contribution in [3.8, 4) is 5.75 Å². The molecule has 1 unspecified atom stereocenters. The molecule has 23 heavy (non-hydrogen) atoms. The minimum Gasteiger partial charge on any atom is -0.497 e. The van der Waals surface area contributed by atoms with Gasteiger partial charge in [0, 0.05) is 12.5 Å². The Morgan fingerprint density at radius 2 is 2.17 bits per heavy atom. The number of hydrogen-bond donors (Lipinski definition) is 1. The van der Waals surface area contributed by atoms with Crippen LogP contribution in [0.25, 0.3) is 0 Å². The zero-order valence-electron chi connectivity index (χ0n) is 12.6. The molecule has 1 N–H and O–H groups in total. The van der Waals surface area contributed by atoms with E-state index < -0.39 is 11.2 Å². The fourth-order valence-corrected chi connectivity index (χ4v) is 2.25. The number of methoxy groups -OCH3 is 1. The van der Waals surface area contributed by atoms with Gasteiger partial charge in [0.1, 0.15) is 11.9 Å². The lowest BCUT2D eigenvalue weighted by Crippen LogP contribution is -2.16. The van der Waals surface area contributed by atoms with Crippen molar-refractivity contribution in [2.24, 2.45) is 5.10 Å². The number of ether oxygens (including phenoxy) is 2. The van der Waals surface area contributed by atoms with Crippen LogP contribution in [0.15, 0.2) is 35.6 Å². The second kappa shape index (κ2) is 5.95. The van der Waals surface area contributed by atoms with E-state index in [9.17, 15) is 10.1 Å². The third kappa shape index (κ3) is 2.93. The van der Waals surface area contributed by atoms with E-state index in [0.717, 1.165) is 11.3 Å². The molecule has 0 radical (unpaired) electrons. The number of hydrogen-bond acceptors (Lipinski definition) is 7. The average Bonchev–Trinajstić information content (AvgIpc) is 3.16. The predicted molar refractivity (Wildman–Crippen MR) is 81.0 cm³/mol. The van der Waals surface area contributed by atoms with Gasteiger partial charge in [0.2, 0.25) is 6.23 Å². The molecule has 9 nitrogen and oxygen atoms in total. The number of aryl methyl sites for hydroxylation is 1. The van der Waals surface area contributed by atoms with Gasteiger partial charge in [-0.2, -0.15) is 0 Å². The third-order valence-electron chi connectivity index (χ3n) is 3.49. The molecule has 0 amide bonds. The van der Waals surface area contributed by atoms with E-state index in [2.05, 4.69) is 15.5 Å². The summed E-state index contributed by atoms with van der Waals surface area (Å²) in [5.74, 6) is 1.53. The molecule has 3 rings (SSSR count). The normalized spacial score (nSPS) is 16.4. The summed E-state index contributed by atoms with van der Waals surface area (Å²) in [4.78, 5) is 14.5. The fraction of sp³-hybridized carbons (Fsp3) is 0.286. The summed E-state index contributed by atoms with van der Waals surface area (Å²) in [5, 5.41) is 15.1. The highest BCUT2D eigenvalue weighted by Gasteiger charge is 2.26. The molecule has 120 valence electrons. The van der Waals surface area contributed by atoms with E-state index in [0.29, 0.717) is 11.7 Å². The van der Waals surface area contributed by atoms with Gasteiger partial charge in [0.15, 0.2) is 12.4 Å². The molecule has 0 fully saturated rings. The maximum Gasteiger partial charge on any atom is 0.343 e. The molecule has 1 aromatic carbocycles. The first-order chi connectivity index (χ1) is 11.1. The standard InChI is InChI=1S/C14H15N5O4/c1-9-15-7-13(19(20)21)18(9)8-12-16-17-14(23-12)10-3-5-11(22-2)6-4-10/h3-7,14,17H,8H2,1-2H3. The highest BCUT2D eigenvalue weighted by atomic mass is 16.6. The first-order valence-corrected chi connectivity index (χ1v) is 6.87. The SMILES string of the molecule is COc1ccc(C2NN=C(Cn3c([N+](=O)[O-])cnc3C)O2)cc1. The van der Waals surface area contributed by atoms with Crippen LogP contribution in [-0.4, -0.2) is 27.5 Å². The Hall–Kier alpha value is -3.10. The molecule has 2 heterocycles. The van der Waals surface area contributed by atoms with Crippen LogP contribution < -0.4 is 10.2 Å². The van der Waals surface area contributed by atoms with Crippen molar-refractivity contribution in [1.29, 1.82) is 0 Å². The molecule has 0 aliphatic carbocycles. The minimum absolute atomic E-state index is 0.0957. The number of hydrazone groups is 1. The van der Waals surface area contributed by atoms with Gasteiger partial charge in [-0.1, -0.05) is 0 Å². The summed E-state index contributed by atoms with van der Waals surface area (Å²) >= 11 is 0. The molecule has 2 aromatic rings. The molecule has 0 saturated carbocycles. The quantitative estimate of drug-likeness (QED) is 0.665. The van der Waals surface area contributed by atoms with Crippen molar-refractivity contribution in [3.63, 3.8) is 0 Å². The van der Waals surface area contributed by atoms with Gasteiger partial charge in [-0.3, -0.25) is 5.43 Å². The Balaban J connectivity index is 1.70. The zero-order chi connectivity index (χ0) is 16.4. The van der Waals surface area contributed by atoms with Gasteiger partial charge >= 0.3 is 5.82 Å². The van der Waals surface area contributed by atoms with Gasteiger partial charge in [-0.25, -0.2) is 9.55 Å². The van der Waals surface area contributed by atoms with E-state index in [1.165, 1.54) is 10.8 Å². The number of nitrogens with one attached hydrogen (secondary N) is 1. The molecule has 0 saturated heterocycles. The molecule has 9 heteroatoms. The highest BCUT2D eigenvalue weighted by molar-refractivity contribution is 5.77. The van der Waals surface area contributed by atoms with E-state index in [1.807, 2.05) is 24.3 Å². The van der Waals surface area contributed by atoms with Crippen LogP contribution in [0.3, 0.4) is 0 Å². The molecular formula is C14H15N5O4. The molecule has 0 spiro atoms. The lowest BCUT2D eigenvalue weighted by atomic mass is 10.2. The topological polar surface area (TPSA) is 104 Å². The van der Waals surface area contributed by atoms with Crippen molar-refractivity contribution in [3.05, 3.63) is 52.0 Å². The number of nitro groups is 1. The van der Waals surface area contributed by atoms with E-state index in [1.54, 1.807) is 14.0 Å². The monoisotopic (exact) mass is 317 g/mol. The maximum atomic E-state index is 11.0. The summed E-state index contributed by atoms with van der Waals surface area (Å²) in [6.45, 7) is 1.83.